The molecule has 31 heavy (non-hydrogen) atoms. The lowest BCUT2D eigenvalue weighted by atomic mass is 9.94. The lowest BCUT2D eigenvalue weighted by Crippen LogP contribution is -2.46. The van der Waals surface area contributed by atoms with Gasteiger partial charge in [0.05, 0.1) is 11.6 Å². The second kappa shape index (κ2) is 9.02. The number of thiocarbonyl (C=S) groups is 1. The second-order valence-electron chi connectivity index (χ2n) is 8.09. The molecule has 0 fully saturated rings. The summed E-state index contributed by atoms with van der Waals surface area (Å²) in [7, 11) is 0. The Morgan fingerprint density at radius 2 is 1.65 bits per heavy atom. The van der Waals surface area contributed by atoms with E-state index < -0.39 is 0 Å². The molecule has 0 spiro atoms. The molecule has 1 atom stereocenters. The highest BCUT2D eigenvalue weighted by atomic mass is 32.1. The Hall–Kier alpha value is -2.99. The van der Waals surface area contributed by atoms with Crippen molar-refractivity contribution < 1.29 is 4.52 Å². The number of rotatable bonds is 6. The van der Waals surface area contributed by atoms with Crippen molar-refractivity contribution in [1.29, 1.82) is 0 Å². The van der Waals surface area contributed by atoms with Gasteiger partial charge < -0.3 is 14.7 Å². The molecule has 6 heteroatoms. The van der Waals surface area contributed by atoms with Gasteiger partial charge in [-0.25, -0.2) is 0 Å². The zero-order chi connectivity index (χ0) is 22.0. The topological polar surface area (TPSA) is 54.2 Å². The minimum Gasteiger partial charge on any atom is -0.351 e. The molecule has 2 aromatic carbocycles. The summed E-state index contributed by atoms with van der Waals surface area (Å²) < 4.78 is 5.79. The van der Waals surface area contributed by atoms with E-state index in [2.05, 4.69) is 79.5 Å². The maximum absolute atomic E-state index is 5.79. The molecule has 0 amide bonds. The van der Waals surface area contributed by atoms with Crippen LogP contribution in [-0.2, 0) is 0 Å². The Morgan fingerprint density at radius 1 is 1.00 bits per heavy atom. The first-order chi connectivity index (χ1) is 15.0. The quantitative estimate of drug-likeness (QED) is 0.496. The lowest BCUT2D eigenvalue weighted by molar-refractivity contribution is 0.395. The number of allylic oxidation sites excluding steroid dienone is 1. The van der Waals surface area contributed by atoms with Crippen LogP contribution in [0.5, 0.6) is 0 Å². The van der Waals surface area contributed by atoms with Crippen LogP contribution in [0.4, 0.5) is 0 Å². The highest BCUT2D eigenvalue weighted by Gasteiger charge is 2.33. The van der Waals surface area contributed by atoms with Gasteiger partial charge in [-0.1, -0.05) is 78.2 Å². The molecule has 1 unspecified atom stereocenters. The van der Waals surface area contributed by atoms with E-state index in [-0.39, 0.29) is 6.04 Å². The first kappa shape index (κ1) is 21.2. The van der Waals surface area contributed by atoms with Crippen molar-refractivity contribution in [3.8, 4) is 11.4 Å². The summed E-state index contributed by atoms with van der Waals surface area (Å²) in [6, 6.07) is 16.5. The Kier molecular flexibility index (Phi) is 6.18. The maximum Gasteiger partial charge on any atom is 0.258 e. The molecular weight excluding hydrogens is 404 g/mol. The zero-order valence-corrected chi connectivity index (χ0v) is 19.3. The van der Waals surface area contributed by atoms with Gasteiger partial charge in [0.2, 0.25) is 5.82 Å². The van der Waals surface area contributed by atoms with Gasteiger partial charge in [0, 0.05) is 17.8 Å². The molecule has 1 N–H and O–H groups in total. The predicted molar refractivity (Wildman–Crippen MR) is 128 cm³/mol. The molecule has 2 heterocycles. The van der Waals surface area contributed by atoms with E-state index in [4.69, 9.17) is 21.7 Å². The van der Waals surface area contributed by atoms with E-state index in [0.717, 1.165) is 46.9 Å². The Balaban J connectivity index is 1.78. The minimum atomic E-state index is -0.141. The normalized spacial score (nSPS) is 16.6. The highest BCUT2D eigenvalue weighted by Crippen LogP contribution is 2.37. The van der Waals surface area contributed by atoms with Crippen LogP contribution in [0.2, 0.25) is 0 Å². The molecule has 3 aromatic rings. The molecular formula is C25H28N4OS. The third kappa shape index (κ3) is 4.39. The number of aryl methyl sites for hydroxylation is 2. The van der Waals surface area contributed by atoms with Gasteiger partial charge in [-0.05, 0) is 45.0 Å². The minimum absolute atomic E-state index is 0.141. The van der Waals surface area contributed by atoms with E-state index in [9.17, 15) is 0 Å². The Bertz CT molecular complexity index is 1100. The molecule has 1 aliphatic rings. The molecule has 4 rings (SSSR count). The van der Waals surface area contributed by atoms with Crippen LogP contribution < -0.4 is 5.32 Å². The van der Waals surface area contributed by atoms with E-state index >= 15 is 0 Å². The summed E-state index contributed by atoms with van der Waals surface area (Å²) in [5, 5.41) is 8.53. The van der Waals surface area contributed by atoms with E-state index in [1.54, 1.807) is 0 Å². The maximum atomic E-state index is 5.79. The van der Waals surface area contributed by atoms with Crippen LogP contribution in [0.15, 0.2) is 58.8 Å². The largest absolute Gasteiger partial charge is 0.351 e. The van der Waals surface area contributed by atoms with Crippen molar-refractivity contribution in [2.24, 2.45) is 0 Å². The second-order valence-corrected chi connectivity index (χ2v) is 8.47. The SMILES string of the molecule is CCCCN1C(=S)NC(c2ccc(C)cc2)C(c2nc(-c3ccc(C)cc3)no2)=C1C. The molecule has 0 saturated carbocycles. The monoisotopic (exact) mass is 432 g/mol. The van der Waals surface area contributed by atoms with Gasteiger partial charge in [0.25, 0.3) is 5.89 Å². The molecule has 0 saturated heterocycles. The molecule has 160 valence electrons. The molecule has 0 bridgehead atoms. The fourth-order valence-electron chi connectivity index (χ4n) is 3.81. The summed E-state index contributed by atoms with van der Waals surface area (Å²) in [5.41, 5.74) is 6.50. The summed E-state index contributed by atoms with van der Waals surface area (Å²) in [6.45, 7) is 9.28. The number of nitrogens with zero attached hydrogens (tertiary/aromatic N) is 3. The van der Waals surface area contributed by atoms with Crippen LogP contribution >= 0.6 is 12.2 Å². The number of hydrogen-bond acceptors (Lipinski definition) is 4. The van der Waals surface area contributed by atoms with Crippen LogP contribution in [0.3, 0.4) is 0 Å². The van der Waals surface area contributed by atoms with E-state index in [1.165, 1.54) is 11.1 Å². The number of aromatic nitrogens is 2. The lowest BCUT2D eigenvalue weighted by Gasteiger charge is -2.37. The predicted octanol–water partition coefficient (Wildman–Crippen LogP) is 5.82. The number of unbranched alkanes of at least 4 members (excludes halogenated alkanes) is 1. The third-order valence-corrected chi connectivity index (χ3v) is 6.05. The summed E-state index contributed by atoms with van der Waals surface area (Å²) >= 11 is 5.73. The summed E-state index contributed by atoms with van der Waals surface area (Å²) in [6.07, 6.45) is 2.15. The molecule has 5 nitrogen and oxygen atoms in total. The van der Waals surface area contributed by atoms with Crippen molar-refractivity contribution in [2.45, 2.75) is 46.6 Å². The summed E-state index contributed by atoms with van der Waals surface area (Å²) in [5.74, 6) is 1.11. The Morgan fingerprint density at radius 3 is 2.29 bits per heavy atom. The number of hydrogen-bond donors (Lipinski definition) is 1. The highest BCUT2D eigenvalue weighted by molar-refractivity contribution is 7.80. The smallest absolute Gasteiger partial charge is 0.258 e. The fourth-order valence-corrected chi connectivity index (χ4v) is 4.15. The standard InChI is InChI=1S/C25H28N4OS/c1-5-6-15-29-18(4)21(22(26-25(29)31)19-11-7-16(2)8-12-19)24-27-23(28-30-24)20-13-9-17(3)10-14-20/h7-14,22H,5-6,15H2,1-4H3,(H,26,31). The van der Waals surface area contributed by atoms with Gasteiger partial charge in [-0.3, -0.25) is 0 Å². The van der Waals surface area contributed by atoms with Crippen molar-refractivity contribution in [3.05, 3.63) is 76.8 Å². The number of nitrogens with one attached hydrogen (secondary N) is 1. The van der Waals surface area contributed by atoms with E-state index in [1.807, 2.05) is 12.1 Å². The molecule has 0 aliphatic carbocycles. The fraction of sp³-hybridized carbons (Fsp3) is 0.320. The number of benzene rings is 2. The average molecular weight is 433 g/mol. The van der Waals surface area contributed by atoms with Crippen molar-refractivity contribution >= 4 is 22.9 Å². The van der Waals surface area contributed by atoms with Crippen LogP contribution in [0.25, 0.3) is 17.0 Å². The molecule has 0 radical (unpaired) electrons. The van der Waals surface area contributed by atoms with Crippen LogP contribution in [0, 0.1) is 13.8 Å². The summed E-state index contributed by atoms with van der Waals surface area (Å²) in [4.78, 5) is 6.92. The van der Waals surface area contributed by atoms with Gasteiger partial charge in [-0.15, -0.1) is 0 Å². The average Bonchev–Trinajstić information content (AvgIpc) is 3.24. The van der Waals surface area contributed by atoms with E-state index in [0.29, 0.717) is 11.7 Å². The molecule has 1 aliphatic heterocycles. The van der Waals surface area contributed by atoms with Crippen LogP contribution in [-0.4, -0.2) is 26.7 Å². The first-order valence-corrected chi connectivity index (χ1v) is 11.1. The Labute approximate surface area is 189 Å². The van der Waals surface area contributed by atoms with Crippen molar-refractivity contribution in [2.75, 3.05) is 6.54 Å². The van der Waals surface area contributed by atoms with Gasteiger partial charge in [0.1, 0.15) is 0 Å². The molecule has 1 aromatic heterocycles. The van der Waals surface area contributed by atoms with Crippen LogP contribution in [0.1, 0.15) is 55.3 Å². The van der Waals surface area contributed by atoms with Gasteiger partial charge in [0.15, 0.2) is 5.11 Å². The third-order valence-electron chi connectivity index (χ3n) is 5.71. The zero-order valence-electron chi connectivity index (χ0n) is 18.5. The van der Waals surface area contributed by atoms with Crippen molar-refractivity contribution in [1.82, 2.24) is 20.4 Å². The van der Waals surface area contributed by atoms with Crippen molar-refractivity contribution in [3.63, 3.8) is 0 Å². The first-order valence-electron chi connectivity index (χ1n) is 10.7. The van der Waals surface area contributed by atoms with Gasteiger partial charge in [-0.2, -0.15) is 4.98 Å². The van der Waals surface area contributed by atoms with Gasteiger partial charge >= 0.3 is 0 Å².